The number of fused-ring (bicyclic) bond motifs is 1. The van der Waals surface area contributed by atoms with Crippen LogP contribution >= 0.6 is 11.8 Å². The Labute approximate surface area is 225 Å². The normalized spacial score (nSPS) is 27.4. The van der Waals surface area contributed by atoms with Crippen LogP contribution in [0.2, 0.25) is 0 Å². The third kappa shape index (κ3) is 6.12. The van der Waals surface area contributed by atoms with Crippen LogP contribution in [0, 0.1) is 12.8 Å². The summed E-state index contributed by atoms with van der Waals surface area (Å²) in [6.07, 6.45) is 6.98. The van der Waals surface area contributed by atoms with Gasteiger partial charge in [-0.15, -0.1) is 11.8 Å². The molecule has 0 radical (unpaired) electrons. The molecule has 196 valence electrons. The summed E-state index contributed by atoms with van der Waals surface area (Å²) < 4.78 is 0. The Balaban J connectivity index is 1.33. The molecule has 4 unspecified atom stereocenters. The number of aryl methyl sites for hydroxylation is 1. The predicted octanol–water partition coefficient (Wildman–Crippen LogP) is 5.25. The number of carbonyl (C=O) groups excluding carboxylic acids is 2. The Bertz CT molecular complexity index is 1130. The van der Waals surface area contributed by atoms with Gasteiger partial charge in [-0.2, -0.15) is 0 Å². The van der Waals surface area contributed by atoms with Gasteiger partial charge in [-0.25, -0.2) is 0 Å². The van der Waals surface area contributed by atoms with Crippen LogP contribution in [0.3, 0.4) is 0 Å². The van der Waals surface area contributed by atoms with Crippen LogP contribution in [0.5, 0.6) is 0 Å². The first kappa shape index (κ1) is 26.1. The van der Waals surface area contributed by atoms with Crippen molar-refractivity contribution in [3.63, 3.8) is 0 Å². The van der Waals surface area contributed by atoms with Gasteiger partial charge < -0.3 is 10.2 Å². The van der Waals surface area contributed by atoms with Crippen molar-refractivity contribution in [3.05, 3.63) is 76.2 Å². The van der Waals surface area contributed by atoms with Crippen molar-refractivity contribution in [2.75, 3.05) is 19.6 Å². The zero-order chi connectivity index (χ0) is 25.8. The zero-order valence-electron chi connectivity index (χ0n) is 22.1. The van der Waals surface area contributed by atoms with E-state index in [1.807, 2.05) is 36.4 Å². The van der Waals surface area contributed by atoms with Gasteiger partial charge in [0, 0.05) is 36.3 Å². The largest absolute Gasteiger partial charge is 0.354 e. The Morgan fingerprint density at radius 2 is 1.95 bits per heavy atom. The first-order chi connectivity index (χ1) is 18.0. The molecule has 0 spiro atoms. The van der Waals surface area contributed by atoms with E-state index in [1.54, 1.807) is 11.8 Å². The maximum absolute atomic E-state index is 13.9. The van der Waals surface area contributed by atoms with Crippen molar-refractivity contribution in [1.82, 2.24) is 15.1 Å². The lowest BCUT2D eigenvalue weighted by atomic mass is 9.83. The summed E-state index contributed by atoms with van der Waals surface area (Å²) >= 11 is 1.72. The van der Waals surface area contributed by atoms with Crippen LogP contribution in [0.15, 0.2) is 59.5 Å². The molecule has 37 heavy (non-hydrogen) atoms. The van der Waals surface area contributed by atoms with Gasteiger partial charge >= 0.3 is 0 Å². The first-order valence-corrected chi connectivity index (χ1v) is 14.7. The Kier molecular flexibility index (Phi) is 8.36. The number of likely N-dealkylation sites (tertiary alicyclic amines) is 1. The molecule has 2 aromatic carbocycles. The predicted molar refractivity (Wildman–Crippen MR) is 152 cm³/mol. The molecule has 2 aliphatic heterocycles. The fraction of sp³-hybridized carbons (Fsp3) is 0.484. The molecule has 3 fully saturated rings. The summed E-state index contributed by atoms with van der Waals surface area (Å²) in [6, 6.07) is 19.0. The number of nitrogens with one attached hydrogen (secondary N) is 1. The number of rotatable bonds is 7. The maximum Gasteiger partial charge on any atom is 0.260 e. The third-order valence-electron chi connectivity index (χ3n) is 8.23. The van der Waals surface area contributed by atoms with E-state index in [2.05, 4.69) is 53.2 Å². The van der Waals surface area contributed by atoms with E-state index in [0.717, 1.165) is 61.3 Å². The molecule has 3 aliphatic rings. The van der Waals surface area contributed by atoms with Gasteiger partial charge in [-0.05, 0) is 69.3 Å². The van der Waals surface area contributed by atoms with Crippen molar-refractivity contribution in [2.24, 2.45) is 5.92 Å². The molecular weight excluding hydrogens is 478 g/mol. The van der Waals surface area contributed by atoms with E-state index in [1.165, 1.54) is 12.0 Å². The molecule has 2 heterocycles. The van der Waals surface area contributed by atoms with Crippen molar-refractivity contribution in [3.8, 4) is 0 Å². The Hall–Kier alpha value is -2.57. The van der Waals surface area contributed by atoms with Crippen molar-refractivity contribution < 1.29 is 9.59 Å². The van der Waals surface area contributed by atoms with Gasteiger partial charge in [0.05, 0.1) is 4.91 Å². The first-order valence-electron chi connectivity index (χ1n) is 13.8. The number of hydrogen-bond acceptors (Lipinski definition) is 4. The molecule has 2 aromatic rings. The topological polar surface area (TPSA) is 52.7 Å². The lowest BCUT2D eigenvalue weighted by Crippen LogP contribution is -2.54. The van der Waals surface area contributed by atoms with Crippen LogP contribution in [0.25, 0.3) is 6.08 Å². The fourth-order valence-electron chi connectivity index (χ4n) is 6.23. The molecule has 1 N–H and O–H groups in total. The number of likely N-dealkylation sites (N-methyl/N-ethyl adjacent to an activating group) is 1. The molecule has 1 aliphatic carbocycles. The Morgan fingerprint density at radius 3 is 2.73 bits per heavy atom. The SMILES string of the molecule is CCN1CCCC1CNC(=O)C1CCC2S/C(=C\c3ccccc3)C(=O)N(Cc3cccc(C)c3)C2C1. The minimum Gasteiger partial charge on any atom is -0.354 e. The van der Waals surface area contributed by atoms with E-state index in [-0.39, 0.29) is 23.8 Å². The van der Waals surface area contributed by atoms with Crippen LogP contribution in [0.1, 0.15) is 55.7 Å². The quantitative estimate of drug-likeness (QED) is 0.510. The lowest BCUT2D eigenvalue weighted by Gasteiger charge is -2.46. The standard InChI is InChI=1S/C31H39N3O2S/c1-3-33-16-8-13-26(33)20-32-30(35)25-14-15-28-27(19-25)34(21-24-12-7-9-22(2)17-24)31(36)29(37-28)18-23-10-5-4-6-11-23/h4-7,9-12,17-18,25-28H,3,8,13-16,19-21H2,1-2H3,(H,32,35)/b29-18-. The van der Waals surface area contributed by atoms with Gasteiger partial charge in [0.15, 0.2) is 0 Å². The highest BCUT2D eigenvalue weighted by atomic mass is 32.2. The molecule has 6 heteroatoms. The number of amides is 2. The van der Waals surface area contributed by atoms with Crippen molar-refractivity contribution in [2.45, 2.75) is 69.8 Å². The average molecular weight is 518 g/mol. The molecular formula is C31H39N3O2S. The summed E-state index contributed by atoms with van der Waals surface area (Å²) in [5, 5.41) is 3.59. The second-order valence-electron chi connectivity index (χ2n) is 10.7. The number of nitrogens with zero attached hydrogens (tertiary/aromatic N) is 2. The molecule has 0 aromatic heterocycles. The van der Waals surface area contributed by atoms with Crippen LogP contribution < -0.4 is 5.32 Å². The number of carbonyl (C=O) groups is 2. The second kappa shape index (κ2) is 11.9. The highest BCUT2D eigenvalue weighted by Gasteiger charge is 2.44. The number of hydrogen-bond donors (Lipinski definition) is 1. The summed E-state index contributed by atoms with van der Waals surface area (Å²) in [4.78, 5) is 32.5. The third-order valence-corrected chi connectivity index (χ3v) is 9.62. The molecule has 4 atom stereocenters. The van der Waals surface area contributed by atoms with Gasteiger partial charge in [0.25, 0.3) is 5.91 Å². The van der Waals surface area contributed by atoms with Gasteiger partial charge in [0.1, 0.15) is 0 Å². The van der Waals surface area contributed by atoms with Crippen molar-refractivity contribution >= 4 is 29.7 Å². The van der Waals surface area contributed by atoms with Crippen molar-refractivity contribution in [1.29, 1.82) is 0 Å². The van der Waals surface area contributed by atoms with Gasteiger partial charge in [-0.3, -0.25) is 14.5 Å². The summed E-state index contributed by atoms with van der Waals surface area (Å²) in [5.74, 6) is 0.216. The van der Waals surface area contributed by atoms with Crippen LogP contribution in [0.4, 0.5) is 0 Å². The van der Waals surface area contributed by atoms with E-state index in [4.69, 9.17) is 0 Å². The maximum atomic E-state index is 13.9. The number of thioether (sulfide) groups is 1. The molecule has 1 saturated carbocycles. The summed E-state index contributed by atoms with van der Waals surface area (Å²) in [7, 11) is 0. The second-order valence-corrected chi connectivity index (χ2v) is 12.0. The molecule has 5 nitrogen and oxygen atoms in total. The zero-order valence-corrected chi connectivity index (χ0v) is 22.9. The van der Waals surface area contributed by atoms with Crippen LogP contribution in [-0.4, -0.2) is 58.6 Å². The summed E-state index contributed by atoms with van der Waals surface area (Å²) in [5.41, 5.74) is 3.39. The minimum absolute atomic E-state index is 0.0363. The highest BCUT2D eigenvalue weighted by molar-refractivity contribution is 8.04. The smallest absolute Gasteiger partial charge is 0.260 e. The van der Waals surface area contributed by atoms with E-state index in [9.17, 15) is 9.59 Å². The van der Waals surface area contributed by atoms with E-state index >= 15 is 0 Å². The Morgan fingerprint density at radius 1 is 1.11 bits per heavy atom. The molecule has 5 rings (SSSR count). The molecule has 2 amide bonds. The van der Waals surface area contributed by atoms with Gasteiger partial charge in [0.2, 0.25) is 5.91 Å². The van der Waals surface area contributed by atoms with Gasteiger partial charge in [-0.1, -0.05) is 67.1 Å². The van der Waals surface area contributed by atoms with Crippen LogP contribution in [-0.2, 0) is 16.1 Å². The highest BCUT2D eigenvalue weighted by Crippen LogP contribution is 2.44. The number of benzene rings is 2. The lowest BCUT2D eigenvalue weighted by molar-refractivity contribution is -0.133. The minimum atomic E-state index is -0.0363. The van der Waals surface area contributed by atoms with E-state index in [0.29, 0.717) is 17.8 Å². The monoisotopic (exact) mass is 517 g/mol. The molecule has 0 bridgehead atoms. The van der Waals surface area contributed by atoms with E-state index < -0.39 is 0 Å². The summed E-state index contributed by atoms with van der Waals surface area (Å²) in [6.45, 7) is 7.78. The average Bonchev–Trinajstić information content (AvgIpc) is 3.38. The molecule has 2 saturated heterocycles. The fourth-order valence-corrected chi connectivity index (χ4v) is 7.64.